The summed E-state index contributed by atoms with van der Waals surface area (Å²) >= 11 is 0. The quantitative estimate of drug-likeness (QED) is 0.698. The topological polar surface area (TPSA) is 16.1 Å². The van der Waals surface area contributed by atoms with Gasteiger partial charge in [0.2, 0.25) is 0 Å². The van der Waals surface area contributed by atoms with Gasteiger partial charge >= 0.3 is 0 Å². The maximum atomic E-state index is 4.37. The van der Waals surface area contributed by atoms with Crippen molar-refractivity contribution in [2.75, 3.05) is 11.4 Å². The van der Waals surface area contributed by atoms with Crippen LogP contribution in [0.15, 0.2) is 66.9 Å². The zero-order chi connectivity index (χ0) is 13.8. The van der Waals surface area contributed by atoms with Gasteiger partial charge in [-0.3, -0.25) is 4.98 Å². The molecule has 2 heteroatoms. The van der Waals surface area contributed by atoms with Gasteiger partial charge in [-0.2, -0.15) is 0 Å². The Morgan fingerprint density at radius 1 is 0.950 bits per heavy atom. The molecule has 100 valence electrons. The van der Waals surface area contributed by atoms with E-state index in [0.717, 1.165) is 18.6 Å². The van der Waals surface area contributed by atoms with E-state index in [2.05, 4.69) is 71.4 Å². The third-order valence-corrected chi connectivity index (χ3v) is 3.55. The molecule has 0 bridgehead atoms. The highest BCUT2D eigenvalue weighted by atomic mass is 15.1. The van der Waals surface area contributed by atoms with Crippen LogP contribution in [0.1, 0.15) is 12.5 Å². The zero-order valence-electron chi connectivity index (χ0n) is 11.7. The summed E-state index contributed by atoms with van der Waals surface area (Å²) in [5.74, 6) is 0. The van der Waals surface area contributed by atoms with Crippen molar-refractivity contribution in [3.8, 4) is 0 Å². The van der Waals surface area contributed by atoms with Gasteiger partial charge in [0.1, 0.15) is 0 Å². The first-order chi connectivity index (χ1) is 9.86. The minimum absolute atomic E-state index is 0.934. The van der Waals surface area contributed by atoms with Crippen molar-refractivity contribution in [3.05, 3.63) is 72.4 Å². The first-order valence-electron chi connectivity index (χ1n) is 7.00. The lowest BCUT2D eigenvalue weighted by Gasteiger charge is -2.23. The van der Waals surface area contributed by atoms with Gasteiger partial charge < -0.3 is 4.90 Å². The summed E-state index contributed by atoms with van der Waals surface area (Å²) in [6, 6.07) is 21.1. The molecule has 0 saturated heterocycles. The number of anilines is 1. The lowest BCUT2D eigenvalue weighted by molar-refractivity contribution is 0.833. The molecule has 0 unspecified atom stereocenters. The fraction of sp³-hybridized carbons (Fsp3) is 0.167. The number of nitrogens with zero attached hydrogens (tertiary/aromatic N) is 2. The fourth-order valence-electron chi connectivity index (χ4n) is 2.45. The van der Waals surface area contributed by atoms with Crippen LogP contribution in [-0.4, -0.2) is 11.5 Å². The standard InChI is InChI=1S/C18H18N2/c1-2-20(14-15-7-4-3-5-8-15)17-10-11-18-16(13-17)9-6-12-19-18/h3-13H,2,14H2,1H3. The van der Waals surface area contributed by atoms with Gasteiger partial charge in [-0.05, 0) is 36.8 Å². The van der Waals surface area contributed by atoms with E-state index in [1.54, 1.807) is 0 Å². The zero-order valence-corrected chi connectivity index (χ0v) is 11.7. The molecule has 0 amide bonds. The molecule has 20 heavy (non-hydrogen) atoms. The summed E-state index contributed by atoms with van der Waals surface area (Å²) in [6.07, 6.45) is 1.84. The first-order valence-corrected chi connectivity index (χ1v) is 7.00. The molecule has 0 radical (unpaired) electrons. The van der Waals surface area contributed by atoms with Crippen molar-refractivity contribution < 1.29 is 0 Å². The molecular weight excluding hydrogens is 244 g/mol. The summed E-state index contributed by atoms with van der Waals surface area (Å²) in [7, 11) is 0. The number of aromatic nitrogens is 1. The second-order valence-corrected chi connectivity index (χ2v) is 4.88. The van der Waals surface area contributed by atoms with E-state index in [4.69, 9.17) is 0 Å². The second kappa shape index (κ2) is 5.74. The summed E-state index contributed by atoms with van der Waals surface area (Å²) in [4.78, 5) is 6.75. The van der Waals surface area contributed by atoms with Crippen LogP contribution in [0.4, 0.5) is 5.69 Å². The third-order valence-electron chi connectivity index (χ3n) is 3.55. The SMILES string of the molecule is CCN(Cc1ccccc1)c1ccc2ncccc2c1. The molecule has 1 aromatic heterocycles. The minimum atomic E-state index is 0.934. The van der Waals surface area contributed by atoms with E-state index < -0.39 is 0 Å². The number of hydrogen-bond acceptors (Lipinski definition) is 2. The fourth-order valence-corrected chi connectivity index (χ4v) is 2.45. The molecule has 3 rings (SSSR count). The van der Waals surface area contributed by atoms with Gasteiger partial charge in [-0.25, -0.2) is 0 Å². The smallest absolute Gasteiger partial charge is 0.0703 e. The van der Waals surface area contributed by atoms with Gasteiger partial charge in [-0.15, -0.1) is 0 Å². The Balaban J connectivity index is 1.91. The summed E-state index contributed by atoms with van der Waals surface area (Å²) < 4.78 is 0. The molecule has 2 aromatic carbocycles. The Morgan fingerprint density at radius 3 is 2.60 bits per heavy atom. The number of rotatable bonds is 4. The van der Waals surface area contributed by atoms with Crippen LogP contribution in [-0.2, 0) is 6.54 Å². The predicted molar refractivity (Wildman–Crippen MR) is 84.9 cm³/mol. The van der Waals surface area contributed by atoms with Crippen LogP contribution in [0.3, 0.4) is 0 Å². The van der Waals surface area contributed by atoms with E-state index in [-0.39, 0.29) is 0 Å². The molecule has 0 fully saturated rings. The van der Waals surface area contributed by atoms with E-state index >= 15 is 0 Å². The maximum absolute atomic E-state index is 4.37. The summed E-state index contributed by atoms with van der Waals surface area (Å²) in [5.41, 5.74) is 3.63. The van der Waals surface area contributed by atoms with Crippen molar-refractivity contribution in [2.24, 2.45) is 0 Å². The maximum Gasteiger partial charge on any atom is 0.0703 e. The van der Waals surface area contributed by atoms with E-state index in [0.29, 0.717) is 0 Å². The average molecular weight is 262 g/mol. The van der Waals surface area contributed by atoms with Crippen LogP contribution in [0, 0.1) is 0 Å². The van der Waals surface area contributed by atoms with Crippen molar-refractivity contribution in [1.29, 1.82) is 0 Å². The highest BCUT2D eigenvalue weighted by molar-refractivity contribution is 5.82. The molecule has 0 saturated carbocycles. The molecule has 2 nitrogen and oxygen atoms in total. The Labute approximate surface area is 119 Å². The highest BCUT2D eigenvalue weighted by Crippen LogP contribution is 2.22. The van der Waals surface area contributed by atoms with Crippen LogP contribution < -0.4 is 4.90 Å². The van der Waals surface area contributed by atoms with Crippen molar-refractivity contribution in [2.45, 2.75) is 13.5 Å². The van der Waals surface area contributed by atoms with Gasteiger partial charge in [0, 0.05) is 30.4 Å². The summed E-state index contributed by atoms with van der Waals surface area (Å²) in [6.45, 7) is 4.11. The van der Waals surface area contributed by atoms with Gasteiger partial charge in [0.15, 0.2) is 0 Å². The molecule has 0 aliphatic carbocycles. The van der Waals surface area contributed by atoms with Gasteiger partial charge in [-0.1, -0.05) is 36.4 Å². The third kappa shape index (κ3) is 2.64. The van der Waals surface area contributed by atoms with Crippen LogP contribution in [0.25, 0.3) is 10.9 Å². The Kier molecular flexibility index (Phi) is 3.64. The molecule has 1 heterocycles. The summed E-state index contributed by atoms with van der Waals surface area (Å²) in [5, 5.41) is 1.19. The number of fused-ring (bicyclic) bond motifs is 1. The highest BCUT2D eigenvalue weighted by Gasteiger charge is 2.06. The van der Waals surface area contributed by atoms with Gasteiger partial charge in [0.05, 0.1) is 5.52 Å². The van der Waals surface area contributed by atoms with Crippen LogP contribution in [0.5, 0.6) is 0 Å². The molecule has 3 aromatic rings. The average Bonchev–Trinajstić information content (AvgIpc) is 2.53. The first kappa shape index (κ1) is 12.7. The van der Waals surface area contributed by atoms with Crippen molar-refractivity contribution in [3.63, 3.8) is 0 Å². The van der Waals surface area contributed by atoms with Crippen LogP contribution >= 0.6 is 0 Å². The molecular formula is C18H18N2. The van der Waals surface area contributed by atoms with E-state index in [9.17, 15) is 0 Å². The molecule has 0 N–H and O–H groups in total. The van der Waals surface area contributed by atoms with E-state index in [1.807, 2.05) is 12.3 Å². The van der Waals surface area contributed by atoms with E-state index in [1.165, 1.54) is 16.6 Å². The predicted octanol–water partition coefficient (Wildman–Crippen LogP) is 4.26. The largest absolute Gasteiger partial charge is 0.367 e. The van der Waals surface area contributed by atoms with Gasteiger partial charge in [0.25, 0.3) is 0 Å². The second-order valence-electron chi connectivity index (χ2n) is 4.88. The lowest BCUT2D eigenvalue weighted by atomic mass is 10.1. The Bertz CT molecular complexity index is 692. The monoisotopic (exact) mass is 262 g/mol. The minimum Gasteiger partial charge on any atom is -0.367 e. The molecule has 0 aliphatic rings. The Hall–Kier alpha value is -2.35. The number of pyridine rings is 1. The van der Waals surface area contributed by atoms with Crippen molar-refractivity contribution >= 4 is 16.6 Å². The molecule has 0 atom stereocenters. The lowest BCUT2D eigenvalue weighted by Crippen LogP contribution is -2.21. The Morgan fingerprint density at radius 2 is 1.80 bits per heavy atom. The van der Waals surface area contributed by atoms with Crippen LogP contribution in [0.2, 0.25) is 0 Å². The molecule has 0 aliphatic heterocycles. The number of benzene rings is 2. The number of hydrogen-bond donors (Lipinski definition) is 0. The van der Waals surface area contributed by atoms with Crippen molar-refractivity contribution in [1.82, 2.24) is 4.98 Å². The normalized spacial score (nSPS) is 10.7. The molecule has 0 spiro atoms.